The summed E-state index contributed by atoms with van der Waals surface area (Å²) in [5, 5.41) is 0. The standard InChI is InChI=1S/C15H11F2N2/c1-18-10-19(15-5-3-2-4-14(15)18)9-11-6-7-12(16)8-13(11)17/h2-5,7-8H,9H2,1H3/q-1. The number of para-hydroxylation sites is 2. The van der Waals surface area contributed by atoms with Crippen molar-refractivity contribution in [2.75, 3.05) is 16.8 Å². The molecule has 0 N–H and O–H groups in total. The predicted molar refractivity (Wildman–Crippen MR) is 69.5 cm³/mol. The van der Waals surface area contributed by atoms with Crippen LogP contribution >= 0.6 is 0 Å². The smallest absolute Gasteiger partial charge is 0.208 e. The molecule has 0 bridgehead atoms. The third-order valence-electron chi connectivity index (χ3n) is 3.06. The van der Waals surface area contributed by atoms with Gasteiger partial charge in [0.15, 0.2) is 0 Å². The Hall–Kier alpha value is -2.10. The van der Waals surface area contributed by atoms with Gasteiger partial charge in [-0.1, -0.05) is 12.1 Å². The quantitative estimate of drug-likeness (QED) is 0.762. The Morgan fingerprint density at radius 3 is 2.68 bits per heavy atom. The molecule has 4 heteroatoms. The van der Waals surface area contributed by atoms with Crippen molar-refractivity contribution in [1.29, 1.82) is 0 Å². The molecule has 1 heterocycles. The SMILES string of the molecule is CN1[C]N(Cc2[c-]cc(F)cc2F)c2ccccc21. The minimum absolute atomic E-state index is 0.271. The summed E-state index contributed by atoms with van der Waals surface area (Å²) in [5.41, 5.74) is 2.27. The maximum Gasteiger partial charge on any atom is 0.208 e. The summed E-state index contributed by atoms with van der Waals surface area (Å²) < 4.78 is 26.5. The second-order valence-corrected chi connectivity index (χ2v) is 4.38. The summed E-state index contributed by atoms with van der Waals surface area (Å²) >= 11 is 0. The third kappa shape index (κ3) is 2.14. The van der Waals surface area contributed by atoms with Crippen molar-refractivity contribution >= 4 is 11.4 Å². The van der Waals surface area contributed by atoms with Crippen LogP contribution in [-0.2, 0) is 6.54 Å². The molecule has 19 heavy (non-hydrogen) atoms. The molecule has 0 atom stereocenters. The summed E-state index contributed by atoms with van der Waals surface area (Å²) in [4.78, 5) is 3.64. The number of fused-ring (bicyclic) bond motifs is 1. The molecule has 2 radical (unpaired) electrons. The number of hydrogen-bond donors (Lipinski definition) is 0. The normalized spacial score (nSPS) is 13.8. The minimum atomic E-state index is -0.617. The van der Waals surface area contributed by atoms with E-state index >= 15 is 0 Å². The highest BCUT2D eigenvalue weighted by atomic mass is 19.1. The van der Waals surface area contributed by atoms with Crippen LogP contribution in [0, 0.1) is 24.4 Å². The summed E-state index contributed by atoms with van der Waals surface area (Å²) in [6.07, 6.45) is 0. The van der Waals surface area contributed by atoms with Crippen molar-refractivity contribution in [3.63, 3.8) is 0 Å². The lowest BCUT2D eigenvalue weighted by Crippen LogP contribution is -2.22. The van der Waals surface area contributed by atoms with Crippen molar-refractivity contribution in [3.05, 3.63) is 66.3 Å². The van der Waals surface area contributed by atoms with Gasteiger partial charge in [-0.2, -0.15) is 6.07 Å². The van der Waals surface area contributed by atoms with Crippen molar-refractivity contribution in [2.24, 2.45) is 0 Å². The highest BCUT2D eigenvalue weighted by Crippen LogP contribution is 2.37. The van der Waals surface area contributed by atoms with E-state index in [1.807, 2.05) is 36.2 Å². The molecule has 0 aromatic heterocycles. The Bertz CT molecular complexity index is 613. The van der Waals surface area contributed by atoms with E-state index in [1.54, 1.807) is 4.90 Å². The van der Waals surface area contributed by atoms with E-state index in [0.717, 1.165) is 23.5 Å². The van der Waals surface area contributed by atoms with Gasteiger partial charge in [-0.15, -0.1) is 17.7 Å². The van der Waals surface area contributed by atoms with Gasteiger partial charge in [0.2, 0.25) is 6.67 Å². The molecule has 2 aromatic rings. The monoisotopic (exact) mass is 257 g/mol. The van der Waals surface area contributed by atoms with Gasteiger partial charge < -0.3 is 9.80 Å². The van der Waals surface area contributed by atoms with Gasteiger partial charge in [-0.25, -0.2) is 0 Å². The van der Waals surface area contributed by atoms with Gasteiger partial charge in [-0.05, 0) is 12.1 Å². The average molecular weight is 257 g/mol. The summed E-state index contributed by atoms with van der Waals surface area (Å²) in [6.45, 7) is 3.37. The van der Waals surface area contributed by atoms with Crippen molar-refractivity contribution < 1.29 is 8.78 Å². The van der Waals surface area contributed by atoms with Gasteiger partial charge in [-0.3, -0.25) is 8.78 Å². The van der Waals surface area contributed by atoms with Gasteiger partial charge >= 0.3 is 0 Å². The Balaban J connectivity index is 1.89. The fraction of sp³-hybridized carbons (Fsp3) is 0.133. The molecule has 1 aliphatic rings. The van der Waals surface area contributed by atoms with E-state index in [2.05, 4.69) is 12.7 Å². The molecule has 0 saturated heterocycles. The van der Waals surface area contributed by atoms with E-state index in [1.165, 1.54) is 0 Å². The Labute approximate surface area is 110 Å². The van der Waals surface area contributed by atoms with Crippen LogP contribution in [0.4, 0.5) is 20.2 Å². The second kappa shape index (κ2) is 4.53. The molecule has 0 unspecified atom stereocenters. The predicted octanol–water partition coefficient (Wildman–Crippen LogP) is 3.22. The zero-order valence-corrected chi connectivity index (χ0v) is 10.3. The Morgan fingerprint density at radius 1 is 1.21 bits per heavy atom. The molecule has 0 saturated carbocycles. The molecular weight excluding hydrogens is 246 g/mol. The van der Waals surface area contributed by atoms with Crippen LogP contribution in [-0.4, -0.2) is 7.05 Å². The topological polar surface area (TPSA) is 6.48 Å². The van der Waals surface area contributed by atoms with Crippen LogP contribution in [0.2, 0.25) is 0 Å². The first-order valence-electron chi connectivity index (χ1n) is 5.87. The number of benzene rings is 2. The average Bonchev–Trinajstić information content (AvgIpc) is 2.71. The summed E-state index contributed by atoms with van der Waals surface area (Å²) in [7, 11) is 1.88. The summed E-state index contributed by atoms with van der Waals surface area (Å²) in [5.74, 6) is -1.21. The lowest BCUT2D eigenvalue weighted by Gasteiger charge is -2.21. The first-order valence-corrected chi connectivity index (χ1v) is 5.87. The minimum Gasteiger partial charge on any atom is -0.343 e. The fourth-order valence-corrected chi connectivity index (χ4v) is 2.14. The van der Waals surface area contributed by atoms with Gasteiger partial charge in [0.25, 0.3) is 0 Å². The fourth-order valence-electron chi connectivity index (χ4n) is 2.14. The van der Waals surface area contributed by atoms with E-state index in [9.17, 15) is 8.78 Å². The zero-order valence-electron chi connectivity index (χ0n) is 10.3. The van der Waals surface area contributed by atoms with Crippen molar-refractivity contribution in [1.82, 2.24) is 0 Å². The molecule has 3 rings (SSSR count). The first kappa shape index (κ1) is 12.0. The lowest BCUT2D eigenvalue weighted by atomic mass is 10.2. The molecule has 2 nitrogen and oxygen atoms in total. The molecule has 0 aliphatic carbocycles. The molecule has 0 amide bonds. The van der Waals surface area contributed by atoms with Crippen LogP contribution in [0.1, 0.15) is 5.56 Å². The number of anilines is 2. The first-order chi connectivity index (χ1) is 9.15. The van der Waals surface area contributed by atoms with E-state index in [-0.39, 0.29) is 6.54 Å². The maximum atomic E-state index is 13.6. The largest absolute Gasteiger partial charge is 0.343 e. The molecule has 96 valence electrons. The number of rotatable bonds is 2. The van der Waals surface area contributed by atoms with Crippen molar-refractivity contribution in [3.8, 4) is 0 Å². The zero-order chi connectivity index (χ0) is 13.4. The molecule has 0 spiro atoms. The Morgan fingerprint density at radius 2 is 1.95 bits per heavy atom. The molecule has 1 aliphatic heterocycles. The lowest BCUT2D eigenvalue weighted by molar-refractivity contribution is 0.570. The second-order valence-electron chi connectivity index (χ2n) is 4.38. The number of hydrogen-bond acceptors (Lipinski definition) is 2. The number of halogens is 2. The van der Waals surface area contributed by atoms with Crippen LogP contribution in [0.15, 0.2) is 36.4 Å². The highest BCUT2D eigenvalue weighted by molar-refractivity contribution is 5.78. The number of nitrogens with zero attached hydrogens (tertiary/aromatic N) is 2. The maximum absolute atomic E-state index is 13.6. The molecule has 0 fully saturated rings. The van der Waals surface area contributed by atoms with Crippen LogP contribution in [0.25, 0.3) is 0 Å². The van der Waals surface area contributed by atoms with E-state index in [4.69, 9.17) is 0 Å². The van der Waals surface area contributed by atoms with E-state index in [0.29, 0.717) is 5.56 Å². The third-order valence-corrected chi connectivity index (χ3v) is 3.06. The van der Waals surface area contributed by atoms with Crippen molar-refractivity contribution in [2.45, 2.75) is 6.54 Å². The van der Waals surface area contributed by atoms with E-state index < -0.39 is 11.6 Å². The molecular formula is C15H11F2N2-. The highest BCUT2D eigenvalue weighted by Gasteiger charge is 2.24. The summed E-state index contributed by atoms with van der Waals surface area (Å²) in [6, 6.07) is 12.4. The van der Waals surface area contributed by atoms with Crippen LogP contribution in [0.3, 0.4) is 0 Å². The van der Waals surface area contributed by atoms with Gasteiger partial charge in [0, 0.05) is 25.2 Å². The van der Waals surface area contributed by atoms with Crippen LogP contribution < -0.4 is 9.80 Å². The van der Waals surface area contributed by atoms with Crippen LogP contribution in [0.5, 0.6) is 0 Å². The Kier molecular flexibility index (Phi) is 2.85. The molecule has 2 aromatic carbocycles. The van der Waals surface area contributed by atoms with Gasteiger partial charge in [0.05, 0.1) is 11.4 Å². The van der Waals surface area contributed by atoms with Gasteiger partial charge in [0.1, 0.15) is 0 Å².